The average molecular weight is 399 g/mol. The summed E-state index contributed by atoms with van der Waals surface area (Å²) in [5, 5.41) is 3.00. The van der Waals surface area contributed by atoms with Crippen molar-refractivity contribution in [2.24, 2.45) is 0 Å². The first-order valence-corrected chi connectivity index (χ1v) is 10.7. The van der Waals surface area contributed by atoms with Gasteiger partial charge >= 0.3 is 6.03 Å². The minimum Gasteiger partial charge on any atom is -0.340 e. The maximum atomic E-state index is 13.3. The van der Waals surface area contributed by atoms with Crippen LogP contribution in [0, 0.1) is 0 Å². The molecule has 3 fully saturated rings. The Labute approximate surface area is 172 Å². The Balaban J connectivity index is 1.42. The first kappa shape index (κ1) is 19.9. The van der Waals surface area contributed by atoms with E-state index in [0.29, 0.717) is 32.4 Å². The summed E-state index contributed by atoms with van der Waals surface area (Å²) in [6.45, 7) is 5.83. The molecule has 1 N–H and O–H groups in total. The molecule has 4 amide bonds. The fraction of sp³-hybridized carbons (Fsp3) is 0.591. The van der Waals surface area contributed by atoms with Gasteiger partial charge in [-0.3, -0.25) is 14.5 Å². The van der Waals surface area contributed by atoms with Crippen molar-refractivity contribution in [3.63, 3.8) is 0 Å². The van der Waals surface area contributed by atoms with Gasteiger partial charge in [0.05, 0.1) is 12.5 Å². The number of nitrogens with zero attached hydrogens (tertiary/aromatic N) is 3. The number of amides is 4. The van der Waals surface area contributed by atoms with Crippen molar-refractivity contribution in [2.45, 2.75) is 50.6 Å². The van der Waals surface area contributed by atoms with Gasteiger partial charge in [0.15, 0.2) is 0 Å². The lowest BCUT2D eigenvalue weighted by Gasteiger charge is -2.39. The lowest BCUT2D eigenvalue weighted by Crippen LogP contribution is -2.56. The molecule has 0 bridgehead atoms. The minimum atomic E-state index is -0.751. The first-order chi connectivity index (χ1) is 14.0. The van der Waals surface area contributed by atoms with Crippen molar-refractivity contribution in [1.29, 1.82) is 0 Å². The summed E-state index contributed by atoms with van der Waals surface area (Å²) in [7, 11) is 0. The van der Waals surface area contributed by atoms with Crippen molar-refractivity contribution < 1.29 is 14.4 Å². The topological polar surface area (TPSA) is 73.0 Å². The van der Waals surface area contributed by atoms with Crippen LogP contribution in [0.3, 0.4) is 0 Å². The van der Waals surface area contributed by atoms with Gasteiger partial charge in [-0.05, 0) is 37.8 Å². The molecule has 1 aromatic carbocycles. The number of imide groups is 1. The second-order valence-corrected chi connectivity index (χ2v) is 8.42. The molecule has 1 spiro atoms. The van der Waals surface area contributed by atoms with Crippen LogP contribution in [-0.4, -0.2) is 76.8 Å². The van der Waals surface area contributed by atoms with E-state index in [-0.39, 0.29) is 23.9 Å². The molecule has 29 heavy (non-hydrogen) atoms. The molecule has 7 heteroatoms. The van der Waals surface area contributed by atoms with Crippen LogP contribution in [-0.2, 0) is 16.0 Å². The Morgan fingerprint density at radius 2 is 1.86 bits per heavy atom. The summed E-state index contributed by atoms with van der Waals surface area (Å²) in [4.78, 5) is 44.3. The zero-order chi connectivity index (χ0) is 20.4. The van der Waals surface area contributed by atoms with Crippen LogP contribution in [0.2, 0.25) is 0 Å². The van der Waals surface area contributed by atoms with Crippen molar-refractivity contribution >= 4 is 17.8 Å². The van der Waals surface area contributed by atoms with Gasteiger partial charge in [0.25, 0.3) is 5.91 Å². The summed E-state index contributed by atoms with van der Waals surface area (Å²) >= 11 is 0. The zero-order valence-corrected chi connectivity index (χ0v) is 17.1. The van der Waals surface area contributed by atoms with Gasteiger partial charge in [-0.25, -0.2) is 4.79 Å². The van der Waals surface area contributed by atoms with Crippen LogP contribution in [0.25, 0.3) is 0 Å². The number of piperidine rings is 2. The summed E-state index contributed by atoms with van der Waals surface area (Å²) in [6, 6.07) is 9.16. The van der Waals surface area contributed by atoms with Crippen molar-refractivity contribution in [3.05, 3.63) is 35.9 Å². The highest BCUT2D eigenvalue weighted by atomic mass is 16.2. The third-order valence-corrected chi connectivity index (χ3v) is 6.66. The molecule has 156 valence electrons. The number of urea groups is 1. The molecule has 3 heterocycles. The number of hydrogen-bond donors (Lipinski definition) is 1. The zero-order valence-electron chi connectivity index (χ0n) is 17.1. The molecule has 0 unspecified atom stereocenters. The van der Waals surface area contributed by atoms with Crippen LogP contribution < -0.4 is 5.32 Å². The Bertz CT molecular complexity index is 774. The first-order valence-electron chi connectivity index (χ1n) is 10.7. The van der Waals surface area contributed by atoms with Gasteiger partial charge in [0.1, 0.15) is 5.54 Å². The molecule has 3 aliphatic rings. The highest BCUT2D eigenvalue weighted by Crippen LogP contribution is 2.32. The largest absolute Gasteiger partial charge is 0.340 e. The Hall–Kier alpha value is -2.41. The van der Waals surface area contributed by atoms with Crippen LogP contribution in [0.4, 0.5) is 4.79 Å². The smallest absolute Gasteiger partial charge is 0.325 e. The van der Waals surface area contributed by atoms with E-state index in [9.17, 15) is 14.4 Å². The number of carbonyl (C=O) groups excluding carboxylic acids is 3. The van der Waals surface area contributed by atoms with Gasteiger partial charge in [-0.1, -0.05) is 37.3 Å². The van der Waals surface area contributed by atoms with Gasteiger partial charge in [-0.15, -0.1) is 0 Å². The Kier molecular flexibility index (Phi) is 5.58. The standard InChI is InChI=1S/C22H30N4O3/c1-2-24-13-10-22(11-14-24)20(28)26(21(29)23-22)18-9-6-12-25(16-18)19(27)15-17-7-4-3-5-8-17/h3-5,7-8,18H,2,6,9-16H2,1H3,(H,23,29)/t18-/m1/s1. The van der Waals surface area contributed by atoms with Gasteiger partial charge < -0.3 is 15.1 Å². The molecule has 0 saturated carbocycles. The number of carbonyl (C=O) groups is 3. The normalized spacial score (nSPS) is 24.8. The molecule has 3 aliphatic heterocycles. The molecule has 0 aromatic heterocycles. The molecular formula is C22H30N4O3. The van der Waals surface area contributed by atoms with Crippen LogP contribution in [0.15, 0.2) is 30.3 Å². The van der Waals surface area contributed by atoms with E-state index in [1.165, 1.54) is 4.90 Å². The second kappa shape index (κ2) is 8.14. The third-order valence-electron chi connectivity index (χ3n) is 6.66. The maximum absolute atomic E-state index is 13.3. The highest BCUT2D eigenvalue weighted by Gasteiger charge is 2.54. The molecule has 0 radical (unpaired) electrons. The number of likely N-dealkylation sites (tertiary alicyclic amines) is 2. The lowest BCUT2D eigenvalue weighted by atomic mass is 9.87. The molecular weight excluding hydrogens is 368 g/mol. The fourth-order valence-corrected chi connectivity index (χ4v) is 4.84. The third kappa shape index (κ3) is 3.88. The van der Waals surface area contributed by atoms with Crippen molar-refractivity contribution in [3.8, 4) is 0 Å². The maximum Gasteiger partial charge on any atom is 0.325 e. The summed E-state index contributed by atoms with van der Waals surface area (Å²) in [5.74, 6) is -0.0421. The Morgan fingerprint density at radius 3 is 2.55 bits per heavy atom. The highest BCUT2D eigenvalue weighted by molar-refractivity contribution is 6.07. The molecule has 1 atom stereocenters. The summed E-state index contributed by atoms with van der Waals surface area (Å²) in [5.41, 5.74) is 0.232. The number of benzene rings is 1. The molecule has 0 aliphatic carbocycles. The molecule has 4 rings (SSSR count). The molecule has 3 saturated heterocycles. The van der Waals surface area contributed by atoms with E-state index in [0.717, 1.165) is 38.0 Å². The number of rotatable bonds is 4. The fourth-order valence-electron chi connectivity index (χ4n) is 4.84. The number of hydrogen-bond acceptors (Lipinski definition) is 4. The monoisotopic (exact) mass is 398 g/mol. The Morgan fingerprint density at radius 1 is 1.14 bits per heavy atom. The van der Waals surface area contributed by atoms with Crippen molar-refractivity contribution in [2.75, 3.05) is 32.7 Å². The van der Waals surface area contributed by atoms with E-state index >= 15 is 0 Å². The molecule has 1 aromatic rings. The van der Waals surface area contributed by atoms with E-state index in [2.05, 4.69) is 17.1 Å². The molecule has 7 nitrogen and oxygen atoms in total. The van der Waals surface area contributed by atoms with Gasteiger partial charge in [0.2, 0.25) is 5.91 Å². The van der Waals surface area contributed by atoms with E-state index in [4.69, 9.17) is 0 Å². The van der Waals surface area contributed by atoms with Crippen LogP contribution >= 0.6 is 0 Å². The van der Waals surface area contributed by atoms with E-state index in [1.807, 2.05) is 35.2 Å². The summed E-state index contributed by atoms with van der Waals surface area (Å²) in [6.07, 6.45) is 3.23. The van der Waals surface area contributed by atoms with E-state index < -0.39 is 5.54 Å². The minimum absolute atomic E-state index is 0.0546. The van der Waals surface area contributed by atoms with Crippen LogP contribution in [0.5, 0.6) is 0 Å². The SMILES string of the molecule is CCN1CCC2(CC1)NC(=O)N([C@@H]1CCCN(C(=O)Cc3ccccc3)C1)C2=O. The average Bonchev–Trinajstić information content (AvgIpc) is 2.98. The van der Waals surface area contributed by atoms with Crippen molar-refractivity contribution in [1.82, 2.24) is 20.0 Å². The predicted molar refractivity (Wildman–Crippen MR) is 109 cm³/mol. The predicted octanol–water partition coefficient (Wildman–Crippen LogP) is 1.63. The van der Waals surface area contributed by atoms with Gasteiger partial charge in [-0.2, -0.15) is 0 Å². The summed E-state index contributed by atoms with van der Waals surface area (Å²) < 4.78 is 0. The van der Waals surface area contributed by atoms with Gasteiger partial charge in [0, 0.05) is 26.2 Å². The van der Waals surface area contributed by atoms with E-state index in [1.54, 1.807) is 0 Å². The quantitative estimate of drug-likeness (QED) is 0.783. The number of nitrogens with one attached hydrogen (secondary N) is 1. The second-order valence-electron chi connectivity index (χ2n) is 8.42. The lowest BCUT2D eigenvalue weighted by molar-refractivity contribution is -0.138. The van der Waals surface area contributed by atoms with Crippen LogP contribution in [0.1, 0.15) is 38.2 Å².